The molecule has 0 saturated heterocycles. The molecule has 0 heterocycles. The zero-order chi connectivity index (χ0) is 20.3. The second-order valence-electron chi connectivity index (χ2n) is 6.46. The lowest BCUT2D eigenvalue weighted by Gasteiger charge is -2.17. The van der Waals surface area contributed by atoms with Crippen LogP contribution in [-0.2, 0) is 14.8 Å². The molecule has 0 radical (unpaired) electrons. The molecule has 0 unspecified atom stereocenters. The van der Waals surface area contributed by atoms with Gasteiger partial charge >= 0.3 is 0 Å². The molecule has 3 aromatic rings. The Morgan fingerprint density at radius 3 is 2.36 bits per heavy atom. The predicted octanol–water partition coefficient (Wildman–Crippen LogP) is 3.30. The Labute approximate surface area is 163 Å². The van der Waals surface area contributed by atoms with E-state index in [1.807, 2.05) is 24.3 Å². The van der Waals surface area contributed by atoms with Crippen LogP contribution in [0, 0.1) is 0 Å². The number of hydrogen-bond donors (Lipinski definition) is 1. The van der Waals surface area contributed by atoms with E-state index >= 15 is 0 Å². The molecular weight excluding hydrogens is 376 g/mol. The summed E-state index contributed by atoms with van der Waals surface area (Å²) in [5.41, 5.74) is 0.907. The molecule has 0 aliphatic heterocycles. The number of ketones is 1. The number of anilines is 1. The van der Waals surface area contributed by atoms with Gasteiger partial charge in [-0.2, -0.15) is 4.31 Å². The summed E-state index contributed by atoms with van der Waals surface area (Å²) in [6, 6.07) is 18.8. The van der Waals surface area contributed by atoms with Gasteiger partial charge in [0.2, 0.25) is 15.9 Å². The van der Waals surface area contributed by atoms with Crippen LogP contribution < -0.4 is 5.32 Å². The summed E-state index contributed by atoms with van der Waals surface area (Å²) >= 11 is 0. The molecule has 0 aliphatic rings. The predicted molar refractivity (Wildman–Crippen MR) is 109 cm³/mol. The van der Waals surface area contributed by atoms with Gasteiger partial charge in [-0.3, -0.25) is 9.59 Å². The van der Waals surface area contributed by atoms with Crippen LogP contribution in [-0.4, -0.2) is 38.0 Å². The van der Waals surface area contributed by atoms with E-state index in [4.69, 9.17) is 0 Å². The van der Waals surface area contributed by atoms with Gasteiger partial charge in [-0.25, -0.2) is 8.42 Å². The van der Waals surface area contributed by atoms with Gasteiger partial charge in [0.1, 0.15) is 0 Å². The molecule has 6 nitrogen and oxygen atoms in total. The van der Waals surface area contributed by atoms with Crippen LogP contribution in [0.3, 0.4) is 0 Å². The average Bonchev–Trinajstić information content (AvgIpc) is 2.67. The van der Waals surface area contributed by atoms with Gasteiger partial charge in [-0.15, -0.1) is 0 Å². The Balaban J connectivity index is 1.75. The molecule has 0 saturated carbocycles. The summed E-state index contributed by atoms with van der Waals surface area (Å²) < 4.78 is 26.6. The van der Waals surface area contributed by atoms with Gasteiger partial charge in [0, 0.05) is 18.3 Å². The van der Waals surface area contributed by atoms with Gasteiger partial charge in [0.15, 0.2) is 5.78 Å². The van der Waals surface area contributed by atoms with E-state index in [1.54, 1.807) is 36.4 Å². The fraction of sp³-hybridized carbons (Fsp3) is 0.143. The second kappa shape index (κ2) is 7.92. The van der Waals surface area contributed by atoms with E-state index in [0.29, 0.717) is 11.3 Å². The Kier molecular flexibility index (Phi) is 5.58. The number of carbonyl (C=O) groups is 2. The van der Waals surface area contributed by atoms with Gasteiger partial charge in [0.05, 0.1) is 11.4 Å². The van der Waals surface area contributed by atoms with Crippen molar-refractivity contribution in [2.75, 3.05) is 18.9 Å². The monoisotopic (exact) mass is 396 g/mol. The molecular formula is C21H20N2O4S. The minimum Gasteiger partial charge on any atom is -0.325 e. The van der Waals surface area contributed by atoms with Crippen molar-refractivity contribution in [1.82, 2.24) is 4.31 Å². The zero-order valence-electron chi connectivity index (χ0n) is 15.5. The molecule has 0 aliphatic carbocycles. The third-order valence-corrected chi connectivity index (χ3v) is 6.15. The Hall–Kier alpha value is -3.03. The highest BCUT2D eigenvalue weighted by Crippen LogP contribution is 2.21. The number of likely N-dealkylation sites (N-methyl/N-ethyl adjacent to an activating group) is 1. The van der Waals surface area contributed by atoms with Crippen molar-refractivity contribution in [3.05, 3.63) is 72.3 Å². The van der Waals surface area contributed by atoms with E-state index in [2.05, 4.69) is 5.32 Å². The Morgan fingerprint density at radius 2 is 1.64 bits per heavy atom. The van der Waals surface area contributed by atoms with Gasteiger partial charge < -0.3 is 5.32 Å². The van der Waals surface area contributed by atoms with Crippen LogP contribution in [0.5, 0.6) is 0 Å². The molecule has 0 atom stereocenters. The lowest BCUT2D eigenvalue weighted by molar-refractivity contribution is -0.116. The lowest BCUT2D eigenvalue weighted by atomic mass is 10.1. The Bertz CT molecular complexity index is 1160. The zero-order valence-corrected chi connectivity index (χ0v) is 16.4. The van der Waals surface area contributed by atoms with Crippen molar-refractivity contribution in [2.24, 2.45) is 0 Å². The molecule has 28 heavy (non-hydrogen) atoms. The molecule has 0 aromatic heterocycles. The van der Waals surface area contributed by atoms with E-state index in [9.17, 15) is 18.0 Å². The number of Topliss-reactive ketones (excluding diaryl/α,β-unsaturated/α-hetero) is 1. The maximum absolute atomic E-state index is 12.8. The average molecular weight is 396 g/mol. The number of sulfonamides is 1. The van der Waals surface area contributed by atoms with Crippen molar-refractivity contribution in [1.29, 1.82) is 0 Å². The highest BCUT2D eigenvalue weighted by Gasteiger charge is 2.23. The van der Waals surface area contributed by atoms with Crippen molar-refractivity contribution in [3.63, 3.8) is 0 Å². The fourth-order valence-electron chi connectivity index (χ4n) is 2.81. The van der Waals surface area contributed by atoms with Crippen LogP contribution >= 0.6 is 0 Å². The number of fused-ring (bicyclic) bond motifs is 1. The first kappa shape index (κ1) is 19.7. The van der Waals surface area contributed by atoms with E-state index < -0.39 is 15.9 Å². The van der Waals surface area contributed by atoms with Crippen molar-refractivity contribution >= 4 is 38.2 Å². The highest BCUT2D eigenvalue weighted by atomic mass is 32.2. The number of benzene rings is 3. The van der Waals surface area contributed by atoms with Gasteiger partial charge in [-0.1, -0.05) is 42.5 Å². The standard InChI is InChI=1S/C21H20N2O4S/c1-15(24)17-8-5-9-19(12-17)22-21(25)14-23(2)28(26,27)20-11-10-16-6-3-4-7-18(16)13-20/h3-13H,14H2,1-2H3,(H,22,25). The molecule has 3 aromatic carbocycles. The maximum atomic E-state index is 12.8. The summed E-state index contributed by atoms with van der Waals surface area (Å²) in [5, 5.41) is 4.37. The van der Waals surface area contributed by atoms with Crippen LogP contribution in [0.4, 0.5) is 5.69 Å². The number of nitrogens with zero attached hydrogens (tertiary/aromatic N) is 1. The minimum absolute atomic E-state index is 0.118. The molecule has 0 fully saturated rings. The number of hydrogen-bond acceptors (Lipinski definition) is 4. The number of nitrogens with one attached hydrogen (secondary N) is 1. The fourth-order valence-corrected chi connectivity index (χ4v) is 3.97. The summed E-state index contributed by atoms with van der Waals surface area (Å²) in [7, 11) is -2.46. The quantitative estimate of drug-likeness (QED) is 0.648. The van der Waals surface area contributed by atoms with E-state index in [0.717, 1.165) is 15.1 Å². The summed E-state index contributed by atoms with van der Waals surface area (Å²) in [5.74, 6) is -0.611. The van der Waals surface area contributed by atoms with E-state index in [1.165, 1.54) is 20.0 Å². The van der Waals surface area contributed by atoms with Crippen molar-refractivity contribution in [2.45, 2.75) is 11.8 Å². The number of carbonyl (C=O) groups excluding carboxylic acids is 2. The van der Waals surface area contributed by atoms with E-state index in [-0.39, 0.29) is 17.2 Å². The SMILES string of the molecule is CC(=O)c1cccc(NC(=O)CN(C)S(=O)(=O)c2ccc3ccccc3c2)c1. The topological polar surface area (TPSA) is 83.6 Å². The van der Waals surface area contributed by atoms with Gasteiger partial charge in [-0.05, 0) is 42.0 Å². The third kappa shape index (κ3) is 4.27. The first-order valence-corrected chi connectivity index (χ1v) is 10.1. The lowest BCUT2D eigenvalue weighted by Crippen LogP contribution is -2.35. The highest BCUT2D eigenvalue weighted by molar-refractivity contribution is 7.89. The van der Waals surface area contributed by atoms with Crippen LogP contribution in [0.2, 0.25) is 0 Å². The molecule has 0 bridgehead atoms. The second-order valence-corrected chi connectivity index (χ2v) is 8.50. The van der Waals surface area contributed by atoms with Crippen LogP contribution in [0.1, 0.15) is 17.3 Å². The normalized spacial score (nSPS) is 11.5. The first-order chi connectivity index (χ1) is 13.3. The third-order valence-electron chi connectivity index (χ3n) is 4.35. The maximum Gasteiger partial charge on any atom is 0.243 e. The molecule has 7 heteroatoms. The summed E-state index contributed by atoms with van der Waals surface area (Å²) in [4.78, 5) is 23.9. The summed E-state index contributed by atoms with van der Waals surface area (Å²) in [6.45, 7) is 1.09. The molecule has 1 amide bonds. The van der Waals surface area contributed by atoms with Crippen LogP contribution in [0.25, 0.3) is 10.8 Å². The molecule has 144 valence electrons. The smallest absolute Gasteiger partial charge is 0.243 e. The minimum atomic E-state index is -3.82. The molecule has 0 spiro atoms. The molecule has 3 rings (SSSR count). The largest absolute Gasteiger partial charge is 0.325 e. The van der Waals surface area contributed by atoms with Crippen molar-refractivity contribution < 1.29 is 18.0 Å². The molecule has 1 N–H and O–H groups in total. The van der Waals surface area contributed by atoms with Gasteiger partial charge in [0.25, 0.3) is 0 Å². The Morgan fingerprint density at radius 1 is 0.929 bits per heavy atom. The number of rotatable bonds is 6. The first-order valence-electron chi connectivity index (χ1n) is 8.63. The van der Waals surface area contributed by atoms with Crippen LogP contribution in [0.15, 0.2) is 71.6 Å². The van der Waals surface area contributed by atoms with Crippen molar-refractivity contribution in [3.8, 4) is 0 Å². The summed E-state index contributed by atoms with van der Waals surface area (Å²) in [6.07, 6.45) is 0. The number of amides is 1.